The van der Waals surface area contributed by atoms with Crippen molar-refractivity contribution in [3.05, 3.63) is 76.4 Å². The molecule has 0 aliphatic rings. The Hall–Kier alpha value is -1.71. The van der Waals surface area contributed by atoms with Crippen molar-refractivity contribution >= 4 is 26.8 Å². The van der Waals surface area contributed by atoms with Gasteiger partial charge in [-0.1, -0.05) is 52.3 Å². The number of hydrogen-bond acceptors (Lipinski definition) is 2. The summed E-state index contributed by atoms with van der Waals surface area (Å²) in [6.45, 7) is 1.84. The summed E-state index contributed by atoms with van der Waals surface area (Å²) in [6.07, 6.45) is 2.85. The molecule has 2 nitrogen and oxygen atoms in total. The number of halogens is 1. The third-order valence-corrected chi connectivity index (χ3v) is 4.06. The Morgan fingerprint density at radius 2 is 1.76 bits per heavy atom. The zero-order chi connectivity index (χ0) is 14.5. The van der Waals surface area contributed by atoms with E-state index in [2.05, 4.69) is 74.8 Å². The number of fused-ring (bicyclic) bond motifs is 1. The monoisotopic (exact) mass is 340 g/mol. The Balaban J connectivity index is 1.58. The van der Waals surface area contributed by atoms with Crippen LogP contribution < -0.4 is 5.32 Å². The van der Waals surface area contributed by atoms with Crippen molar-refractivity contribution in [2.45, 2.75) is 13.0 Å². The van der Waals surface area contributed by atoms with Crippen molar-refractivity contribution in [2.75, 3.05) is 6.54 Å². The molecule has 0 fully saturated rings. The molecule has 0 saturated heterocycles. The summed E-state index contributed by atoms with van der Waals surface area (Å²) in [7, 11) is 0. The van der Waals surface area contributed by atoms with Gasteiger partial charge in [0.05, 0.1) is 5.52 Å². The van der Waals surface area contributed by atoms with Crippen molar-refractivity contribution in [3.8, 4) is 0 Å². The van der Waals surface area contributed by atoms with E-state index in [4.69, 9.17) is 0 Å². The number of aromatic nitrogens is 1. The maximum absolute atomic E-state index is 4.49. The first-order valence-corrected chi connectivity index (χ1v) is 7.90. The Morgan fingerprint density at radius 1 is 0.952 bits per heavy atom. The number of rotatable bonds is 5. The van der Waals surface area contributed by atoms with Crippen LogP contribution in [0.25, 0.3) is 10.9 Å². The minimum Gasteiger partial charge on any atom is -0.312 e. The molecule has 106 valence electrons. The number of pyridine rings is 1. The second-order valence-electron chi connectivity index (χ2n) is 5.05. The van der Waals surface area contributed by atoms with Gasteiger partial charge < -0.3 is 5.32 Å². The normalized spacial score (nSPS) is 10.9. The predicted octanol–water partition coefficient (Wildman–Crippen LogP) is 4.33. The van der Waals surface area contributed by atoms with Crippen LogP contribution in [0.1, 0.15) is 11.1 Å². The molecule has 3 heteroatoms. The van der Waals surface area contributed by atoms with Crippen LogP contribution in [0.3, 0.4) is 0 Å². The number of nitrogens with one attached hydrogen (secondary N) is 1. The van der Waals surface area contributed by atoms with Crippen molar-refractivity contribution in [1.82, 2.24) is 10.3 Å². The molecule has 0 spiro atoms. The highest BCUT2D eigenvalue weighted by atomic mass is 79.9. The van der Waals surface area contributed by atoms with E-state index in [1.807, 2.05) is 12.3 Å². The van der Waals surface area contributed by atoms with Crippen molar-refractivity contribution in [1.29, 1.82) is 0 Å². The summed E-state index contributed by atoms with van der Waals surface area (Å²) >= 11 is 3.45. The van der Waals surface area contributed by atoms with Crippen LogP contribution in [0.15, 0.2) is 65.3 Å². The highest BCUT2D eigenvalue weighted by Crippen LogP contribution is 2.16. The first-order chi connectivity index (χ1) is 10.3. The fourth-order valence-electron chi connectivity index (χ4n) is 2.43. The minimum atomic E-state index is 0.894. The molecular weight excluding hydrogens is 324 g/mol. The van der Waals surface area contributed by atoms with Gasteiger partial charge in [-0.15, -0.1) is 0 Å². The second kappa shape index (κ2) is 6.83. The van der Waals surface area contributed by atoms with E-state index in [0.29, 0.717) is 0 Å². The SMILES string of the molecule is Brc1ccc(CNCCc2cccc3cccnc23)cc1. The molecule has 21 heavy (non-hydrogen) atoms. The van der Waals surface area contributed by atoms with Crippen molar-refractivity contribution < 1.29 is 0 Å². The predicted molar refractivity (Wildman–Crippen MR) is 91.3 cm³/mol. The van der Waals surface area contributed by atoms with Crippen LogP contribution >= 0.6 is 15.9 Å². The second-order valence-corrected chi connectivity index (χ2v) is 5.96. The van der Waals surface area contributed by atoms with E-state index >= 15 is 0 Å². The van der Waals surface area contributed by atoms with E-state index in [1.165, 1.54) is 16.5 Å². The molecule has 0 radical (unpaired) electrons. The van der Waals surface area contributed by atoms with Gasteiger partial charge in [-0.25, -0.2) is 0 Å². The maximum atomic E-state index is 4.49. The summed E-state index contributed by atoms with van der Waals surface area (Å²) in [5, 5.41) is 4.70. The van der Waals surface area contributed by atoms with E-state index < -0.39 is 0 Å². The lowest BCUT2D eigenvalue weighted by molar-refractivity contribution is 0.688. The van der Waals surface area contributed by atoms with Gasteiger partial charge in [0.2, 0.25) is 0 Å². The van der Waals surface area contributed by atoms with E-state index in [9.17, 15) is 0 Å². The number of hydrogen-bond donors (Lipinski definition) is 1. The standard InChI is InChI=1S/C18H17BrN2/c19-17-8-6-14(7-9-17)13-20-12-10-16-4-1-3-15-5-2-11-21-18(15)16/h1-9,11,20H,10,12-13H2. The van der Waals surface area contributed by atoms with Crippen LogP contribution in [0.2, 0.25) is 0 Å². The molecule has 0 amide bonds. The van der Waals surface area contributed by atoms with E-state index in [-0.39, 0.29) is 0 Å². The molecular formula is C18H17BrN2. The van der Waals surface area contributed by atoms with Crippen LogP contribution in [0, 0.1) is 0 Å². The van der Waals surface area contributed by atoms with Crippen LogP contribution in [-0.2, 0) is 13.0 Å². The van der Waals surface area contributed by atoms with Gasteiger partial charge in [0.1, 0.15) is 0 Å². The maximum Gasteiger partial charge on any atom is 0.0734 e. The van der Waals surface area contributed by atoms with Crippen molar-refractivity contribution in [3.63, 3.8) is 0 Å². The molecule has 1 aromatic heterocycles. The average molecular weight is 341 g/mol. The molecule has 3 rings (SSSR count). The Morgan fingerprint density at radius 3 is 2.62 bits per heavy atom. The van der Waals surface area contributed by atoms with Gasteiger partial charge in [-0.05, 0) is 42.3 Å². The third-order valence-electron chi connectivity index (χ3n) is 3.53. The molecule has 0 saturated carbocycles. The fourth-order valence-corrected chi connectivity index (χ4v) is 2.69. The topological polar surface area (TPSA) is 24.9 Å². The average Bonchev–Trinajstić information content (AvgIpc) is 2.53. The lowest BCUT2D eigenvalue weighted by atomic mass is 10.1. The first-order valence-electron chi connectivity index (χ1n) is 7.11. The van der Waals surface area contributed by atoms with Crippen molar-refractivity contribution in [2.24, 2.45) is 0 Å². The lowest BCUT2D eigenvalue weighted by Crippen LogP contribution is -2.16. The van der Waals surface area contributed by atoms with Gasteiger partial charge in [-0.2, -0.15) is 0 Å². The molecule has 1 heterocycles. The first kappa shape index (κ1) is 14.2. The fraction of sp³-hybridized carbons (Fsp3) is 0.167. The molecule has 0 aliphatic carbocycles. The molecule has 0 unspecified atom stereocenters. The van der Waals surface area contributed by atoms with Crippen LogP contribution in [-0.4, -0.2) is 11.5 Å². The summed E-state index contributed by atoms with van der Waals surface area (Å²) < 4.78 is 1.12. The lowest BCUT2D eigenvalue weighted by Gasteiger charge is -2.07. The number of para-hydroxylation sites is 1. The van der Waals surface area contributed by atoms with Gasteiger partial charge in [0.25, 0.3) is 0 Å². The van der Waals surface area contributed by atoms with Gasteiger partial charge in [0, 0.05) is 22.6 Å². The summed E-state index contributed by atoms with van der Waals surface area (Å²) in [5.41, 5.74) is 3.72. The van der Waals surface area contributed by atoms with Gasteiger partial charge >= 0.3 is 0 Å². The Labute approximate surface area is 133 Å². The Bertz CT molecular complexity index is 717. The van der Waals surface area contributed by atoms with Gasteiger partial charge in [-0.3, -0.25) is 4.98 Å². The molecule has 3 aromatic rings. The summed E-state index contributed by atoms with van der Waals surface area (Å²) in [5.74, 6) is 0. The van der Waals surface area contributed by atoms with Crippen LogP contribution in [0.5, 0.6) is 0 Å². The summed E-state index contributed by atoms with van der Waals surface area (Å²) in [4.78, 5) is 4.49. The quantitative estimate of drug-likeness (QED) is 0.699. The van der Waals surface area contributed by atoms with Crippen LogP contribution in [0.4, 0.5) is 0 Å². The number of nitrogens with zero attached hydrogens (tertiary/aromatic N) is 1. The summed E-state index contributed by atoms with van der Waals surface area (Å²) in [6, 6.07) is 18.9. The Kier molecular flexibility index (Phi) is 4.63. The van der Waals surface area contributed by atoms with E-state index in [0.717, 1.165) is 29.5 Å². The zero-order valence-electron chi connectivity index (χ0n) is 11.7. The highest BCUT2D eigenvalue weighted by molar-refractivity contribution is 9.10. The zero-order valence-corrected chi connectivity index (χ0v) is 13.3. The molecule has 0 bridgehead atoms. The third kappa shape index (κ3) is 3.69. The number of benzene rings is 2. The molecule has 0 atom stereocenters. The van der Waals surface area contributed by atoms with Gasteiger partial charge in [0.15, 0.2) is 0 Å². The smallest absolute Gasteiger partial charge is 0.0734 e. The molecule has 1 N–H and O–H groups in total. The highest BCUT2D eigenvalue weighted by Gasteiger charge is 2.01. The molecule has 0 aliphatic heterocycles. The minimum absolute atomic E-state index is 0.894. The largest absolute Gasteiger partial charge is 0.312 e. The molecule has 2 aromatic carbocycles. The van der Waals surface area contributed by atoms with E-state index in [1.54, 1.807) is 0 Å².